The molecule has 2 heterocycles. The number of aryl methyl sites for hydroxylation is 2. The Bertz CT molecular complexity index is 753. The number of rotatable bonds is 4. The molecule has 0 aliphatic carbocycles. The summed E-state index contributed by atoms with van der Waals surface area (Å²) in [4.78, 5) is 40.4. The van der Waals surface area contributed by atoms with E-state index < -0.39 is 5.91 Å². The molecular weight excluding hydrogens is 372 g/mol. The standard InChI is InChI=1S/C21H30N4O4/c1-15-5-6-18(13-16(15)2)29-14-19(26)22-23-20(27)17-7-11-25(12-8-17)21(28)24-9-3-4-10-24/h5-6,13,17H,3-4,7-12,14H2,1-2H3,(H,22,26)(H,23,27). The van der Waals surface area contributed by atoms with Crippen LogP contribution >= 0.6 is 0 Å². The summed E-state index contributed by atoms with van der Waals surface area (Å²) in [5.41, 5.74) is 7.12. The van der Waals surface area contributed by atoms with Crippen LogP contribution in [0.4, 0.5) is 4.79 Å². The van der Waals surface area contributed by atoms with Gasteiger partial charge in [-0.15, -0.1) is 0 Å². The van der Waals surface area contributed by atoms with Gasteiger partial charge in [0.1, 0.15) is 5.75 Å². The number of benzene rings is 1. The van der Waals surface area contributed by atoms with Gasteiger partial charge in [-0.3, -0.25) is 20.4 Å². The second-order valence-corrected chi connectivity index (χ2v) is 7.81. The van der Waals surface area contributed by atoms with Crippen molar-refractivity contribution in [2.45, 2.75) is 39.5 Å². The van der Waals surface area contributed by atoms with Crippen LogP contribution in [-0.4, -0.2) is 60.4 Å². The van der Waals surface area contributed by atoms with E-state index in [2.05, 4.69) is 10.9 Å². The molecule has 2 fully saturated rings. The van der Waals surface area contributed by atoms with Crippen molar-refractivity contribution in [1.82, 2.24) is 20.7 Å². The van der Waals surface area contributed by atoms with Gasteiger partial charge in [-0.05, 0) is 62.8 Å². The first kappa shape index (κ1) is 21.0. The van der Waals surface area contributed by atoms with Gasteiger partial charge >= 0.3 is 6.03 Å². The fourth-order valence-electron chi connectivity index (χ4n) is 3.66. The van der Waals surface area contributed by atoms with Gasteiger partial charge < -0.3 is 14.5 Å². The van der Waals surface area contributed by atoms with E-state index in [1.54, 1.807) is 0 Å². The van der Waals surface area contributed by atoms with Gasteiger partial charge in [0.05, 0.1) is 0 Å². The van der Waals surface area contributed by atoms with Gasteiger partial charge in [-0.1, -0.05) is 6.07 Å². The highest BCUT2D eigenvalue weighted by molar-refractivity contribution is 5.84. The first-order valence-corrected chi connectivity index (χ1v) is 10.3. The Morgan fingerprint density at radius 3 is 2.28 bits per heavy atom. The molecule has 3 rings (SSSR count). The molecule has 0 bridgehead atoms. The normalized spacial score (nSPS) is 17.2. The summed E-state index contributed by atoms with van der Waals surface area (Å²) in [5, 5.41) is 0. The molecule has 0 spiro atoms. The van der Waals surface area contributed by atoms with E-state index >= 15 is 0 Å². The topological polar surface area (TPSA) is 91.0 Å². The van der Waals surface area contributed by atoms with Crippen LogP contribution in [0.1, 0.15) is 36.8 Å². The minimum Gasteiger partial charge on any atom is -0.484 e. The highest BCUT2D eigenvalue weighted by Crippen LogP contribution is 2.20. The van der Waals surface area contributed by atoms with Gasteiger partial charge in [0.15, 0.2) is 6.61 Å². The monoisotopic (exact) mass is 402 g/mol. The van der Waals surface area contributed by atoms with E-state index in [1.165, 1.54) is 0 Å². The Morgan fingerprint density at radius 1 is 0.966 bits per heavy atom. The minimum atomic E-state index is -0.418. The Hall–Kier alpha value is -2.77. The van der Waals surface area contributed by atoms with E-state index in [1.807, 2.05) is 41.8 Å². The number of hydrogen-bond donors (Lipinski definition) is 2. The Labute approximate surface area is 171 Å². The summed E-state index contributed by atoms with van der Waals surface area (Å²) >= 11 is 0. The molecule has 1 aromatic carbocycles. The lowest BCUT2D eigenvalue weighted by molar-refractivity contribution is -0.132. The summed E-state index contributed by atoms with van der Waals surface area (Å²) in [6.45, 7) is 6.60. The van der Waals surface area contributed by atoms with Gasteiger partial charge in [0, 0.05) is 32.1 Å². The smallest absolute Gasteiger partial charge is 0.319 e. The molecule has 2 aliphatic rings. The van der Waals surface area contributed by atoms with E-state index in [-0.39, 0.29) is 24.5 Å². The molecule has 0 aromatic heterocycles. The number of hydrogen-bond acceptors (Lipinski definition) is 4. The molecule has 2 aliphatic heterocycles. The van der Waals surface area contributed by atoms with Crippen molar-refractivity contribution in [3.05, 3.63) is 29.3 Å². The molecule has 158 valence electrons. The molecule has 8 nitrogen and oxygen atoms in total. The van der Waals surface area contributed by atoms with Crippen LogP contribution in [0.25, 0.3) is 0 Å². The third kappa shape index (κ3) is 5.62. The number of likely N-dealkylation sites (tertiary alicyclic amines) is 2. The second kappa shape index (κ2) is 9.62. The highest BCUT2D eigenvalue weighted by Gasteiger charge is 2.30. The summed E-state index contributed by atoms with van der Waals surface area (Å²) < 4.78 is 5.46. The molecule has 4 amide bonds. The van der Waals surface area contributed by atoms with Crippen molar-refractivity contribution >= 4 is 17.8 Å². The zero-order chi connectivity index (χ0) is 20.8. The lowest BCUT2D eigenvalue weighted by Gasteiger charge is -2.33. The van der Waals surface area contributed by atoms with E-state index in [0.717, 1.165) is 37.1 Å². The van der Waals surface area contributed by atoms with Gasteiger partial charge in [-0.2, -0.15) is 0 Å². The number of piperidine rings is 1. The largest absolute Gasteiger partial charge is 0.484 e. The van der Waals surface area contributed by atoms with Crippen molar-refractivity contribution in [3.63, 3.8) is 0 Å². The molecule has 2 saturated heterocycles. The van der Waals surface area contributed by atoms with Crippen molar-refractivity contribution in [2.75, 3.05) is 32.8 Å². The van der Waals surface area contributed by atoms with Crippen LogP contribution in [0.3, 0.4) is 0 Å². The molecular formula is C21H30N4O4. The number of carbonyl (C=O) groups excluding carboxylic acids is 3. The van der Waals surface area contributed by atoms with Crippen LogP contribution in [-0.2, 0) is 9.59 Å². The predicted molar refractivity (Wildman–Crippen MR) is 108 cm³/mol. The second-order valence-electron chi connectivity index (χ2n) is 7.81. The SMILES string of the molecule is Cc1ccc(OCC(=O)NNC(=O)C2CCN(C(=O)N3CCCC3)CC2)cc1C. The van der Waals surface area contributed by atoms with Crippen molar-refractivity contribution in [1.29, 1.82) is 0 Å². The first-order chi connectivity index (χ1) is 13.9. The molecule has 29 heavy (non-hydrogen) atoms. The molecule has 2 N–H and O–H groups in total. The maximum Gasteiger partial charge on any atom is 0.319 e. The van der Waals surface area contributed by atoms with E-state index in [4.69, 9.17) is 4.74 Å². The predicted octanol–water partition coefficient (Wildman–Crippen LogP) is 1.76. The summed E-state index contributed by atoms with van der Waals surface area (Å²) in [6.07, 6.45) is 3.33. The highest BCUT2D eigenvalue weighted by atomic mass is 16.5. The molecule has 0 atom stereocenters. The van der Waals surface area contributed by atoms with Crippen LogP contribution in [0.5, 0.6) is 5.75 Å². The number of urea groups is 1. The number of nitrogens with one attached hydrogen (secondary N) is 2. The lowest BCUT2D eigenvalue weighted by atomic mass is 9.96. The average Bonchev–Trinajstić information content (AvgIpc) is 3.27. The van der Waals surface area contributed by atoms with Crippen LogP contribution in [0.15, 0.2) is 18.2 Å². The Morgan fingerprint density at radius 2 is 1.62 bits per heavy atom. The summed E-state index contributed by atoms with van der Waals surface area (Å²) in [7, 11) is 0. The number of amides is 4. The maximum absolute atomic E-state index is 12.4. The fourth-order valence-corrected chi connectivity index (χ4v) is 3.66. The summed E-state index contributed by atoms with van der Waals surface area (Å²) in [6, 6.07) is 5.70. The van der Waals surface area contributed by atoms with Crippen molar-refractivity contribution in [3.8, 4) is 5.75 Å². The summed E-state index contributed by atoms with van der Waals surface area (Å²) in [5.74, 6) is -0.237. The molecule has 0 radical (unpaired) electrons. The van der Waals surface area contributed by atoms with Crippen molar-refractivity contribution in [2.24, 2.45) is 5.92 Å². The van der Waals surface area contributed by atoms with Crippen LogP contribution in [0, 0.1) is 19.8 Å². The molecule has 0 saturated carbocycles. The number of hydrazine groups is 1. The minimum absolute atomic E-state index is 0.0816. The molecule has 1 aromatic rings. The average molecular weight is 402 g/mol. The van der Waals surface area contributed by atoms with Gasteiger partial charge in [-0.25, -0.2) is 4.79 Å². The zero-order valence-corrected chi connectivity index (χ0v) is 17.2. The van der Waals surface area contributed by atoms with Gasteiger partial charge in [0.25, 0.3) is 5.91 Å². The lowest BCUT2D eigenvalue weighted by Crippen LogP contribution is -2.50. The molecule has 8 heteroatoms. The van der Waals surface area contributed by atoms with Crippen LogP contribution in [0.2, 0.25) is 0 Å². The number of carbonyl (C=O) groups is 3. The van der Waals surface area contributed by atoms with Crippen molar-refractivity contribution < 1.29 is 19.1 Å². The third-order valence-corrected chi connectivity index (χ3v) is 5.69. The maximum atomic E-state index is 12.4. The van der Waals surface area contributed by atoms with E-state index in [0.29, 0.717) is 31.7 Å². The number of ether oxygens (including phenoxy) is 1. The number of nitrogens with zero attached hydrogens (tertiary/aromatic N) is 2. The Kier molecular flexibility index (Phi) is 6.95. The fraction of sp³-hybridized carbons (Fsp3) is 0.571. The van der Waals surface area contributed by atoms with E-state index in [9.17, 15) is 14.4 Å². The molecule has 0 unspecified atom stereocenters. The zero-order valence-electron chi connectivity index (χ0n) is 17.2. The quantitative estimate of drug-likeness (QED) is 0.751. The van der Waals surface area contributed by atoms with Crippen LogP contribution < -0.4 is 15.6 Å². The van der Waals surface area contributed by atoms with Gasteiger partial charge in [0.2, 0.25) is 5.91 Å². The third-order valence-electron chi connectivity index (χ3n) is 5.69. The first-order valence-electron chi connectivity index (χ1n) is 10.3. The Balaban J connectivity index is 1.35.